The van der Waals surface area contributed by atoms with Crippen LogP contribution in [0.15, 0.2) is 48.5 Å². The van der Waals surface area contributed by atoms with E-state index >= 15 is 0 Å². The Hall–Kier alpha value is -2.66. The van der Waals surface area contributed by atoms with Gasteiger partial charge in [0.25, 0.3) is 5.88 Å². The highest BCUT2D eigenvalue weighted by Gasteiger charge is 2.10. The molecular formula is C16H11ClN2O3. The van der Waals surface area contributed by atoms with Gasteiger partial charge in [-0.05, 0) is 36.4 Å². The molecule has 3 aromatic rings. The van der Waals surface area contributed by atoms with Crippen LogP contribution >= 0.6 is 11.6 Å². The largest absolute Gasteiger partial charge is 0.465 e. The van der Waals surface area contributed by atoms with Gasteiger partial charge in [-0.1, -0.05) is 23.7 Å². The van der Waals surface area contributed by atoms with Crippen LogP contribution in [0.5, 0.6) is 11.6 Å². The molecule has 1 aromatic heterocycles. The average Bonchev–Trinajstić information content (AvgIpc) is 2.55. The molecule has 22 heavy (non-hydrogen) atoms. The minimum atomic E-state index is -0.407. The van der Waals surface area contributed by atoms with E-state index in [2.05, 4.69) is 14.7 Å². The maximum absolute atomic E-state index is 11.4. The molecule has 0 unspecified atom stereocenters. The van der Waals surface area contributed by atoms with Crippen molar-refractivity contribution in [2.45, 2.75) is 0 Å². The Kier molecular flexibility index (Phi) is 3.89. The summed E-state index contributed by atoms with van der Waals surface area (Å²) in [5.41, 5.74) is 1.82. The zero-order valence-corrected chi connectivity index (χ0v) is 12.4. The monoisotopic (exact) mass is 314 g/mol. The molecule has 0 fully saturated rings. The van der Waals surface area contributed by atoms with E-state index < -0.39 is 5.97 Å². The number of methoxy groups -OCH3 is 1. The topological polar surface area (TPSA) is 61.3 Å². The van der Waals surface area contributed by atoms with Crippen molar-refractivity contribution >= 4 is 28.6 Å². The van der Waals surface area contributed by atoms with Gasteiger partial charge < -0.3 is 9.47 Å². The molecule has 0 spiro atoms. The standard InChI is InChI=1S/C16H11ClN2O3/c1-21-16(20)10-6-8-11(9-7-10)22-15-14(17)18-12-4-2-3-5-13(12)19-15/h2-9H,1H3. The van der Waals surface area contributed by atoms with E-state index in [9.17, 15) is 4.79 Å². The Morgan fingerprint density at radius 2 is 1.64 bits per heavy atom. The minimum Gasteiger partial charge on any atom is -0.465 e. The first-order valence-corrected chi connectivity index (χ1v) is 6.83. The van der Waals surface area contributed by atoms with Crippen LogP contribution < -0.4 is 4.74 Å². The summed E-state index contributed by atoms with van der Waals surface area (Å²) in [5.74, 6) is 0.306. The molecule has 0 N–H and O–H groups in total. The fourth-order valence-corrected chi connectivity index (χ4v) is 2.09. The number of nitrogens with zero attached hydrogens (tertiary/aromatic N) is 2. The number of para-hydroxylation sites is 2. The maximum atomic E-state index is 11.4. The Morgan fingerprint density at radius 3 is 2.27 bits per heavy atom. The maximum Gasteiger partial charge on any atom is 0.337 e. The van der Waals surface area contributed by atoms with Gasteiger partial charge in [-0.15, -0.1) is 0 Å². The van der Waals surface area contributed by atoms with Crippen molar-refractivity contribution in [2.75, 3.05) is 7.11 Å². The second kappa shape index (κ2) is 5.99. The van der Waals surface area contributed by atoms with Gasteiger partial charge in [0.2, 0.25) is 0 Å². The number of esters is 1. The van der Waals surface area contributed by atoms with Crippen LogP contribution in [0.25, 0.3) is 11.0 Å². The quantitative estimate of drug-likeness (QED) is 0.687. The van der Waals surface area contributed by atoms with Gasteiger partial charge in [-0.2, -0.15) is 0 Å². The first kappa shape index (κ1) is 14.3. The Bertz CT molecular complexity index is 834. The van der Waals surface area contributed by atoms with E-state index in [0.717, 1.165) is 0 Å². The van der Waals surface area contributed by atoms with Crippen molar-refractivity contribution in [3.63, 3.8) is 0 Å². The summed E-state index contributed by atoms with van der Waals surface area (Å²) in [5, 5.41) is 0.177. The van der Waals surface area contributed by atoms with Gasteiger partial charge in [-0.3, -0.25) is 0 Å². The normalized spacial score (nSPS) is 10.5. The Labute approximate surface area is 131 Å². The molecule has 0 bridgehead atoms. The van der Waals surface area contributed by atoms with Crippen molar-refractivity contribution in [1.82, 2.24) is 9.97 Å². The lowest BCUT2D eigenvalue weighted by molar-refractivity contribution is 0.0600. The number of halogens is 1. The molecule has 0 aliphatic rings. The van der Waals surface area contributed by atoms with Crippen LogP contribution in [-0.2, 0) is 4.74 Å². The van der Waals surface area contributed by atoms with Gasteiger partial charge >= 0.3 is 5.97 Å². The lowest BCUT2D eigenvalue weighted by Gasteiger charge is -2.07. The highest BCUT2D eigenvalue weighted by molar-refractivity contribution is 6.31. The highest BCUT2D eigenvalue weighted by atomic mass is 35.5. The molecule has 0 aliphatic heterocycles. The molecule has 0 amide bonds. The van der Waals surface area contributed by atoms with Crippen LogP contribution in [0.4, 0.5) is 0 Å². The molecule has 0 atom stereocenters. The number of carbonyl (C=O) groups is 1. The Morgan fingerprint density at radius 1 is 1.00 bits per heavy atom. The number of carbonyl (C=O) groups excluding carboxylic acids is 1. The lowest BCUT2D eigenvalue weighted by Crippen LogP contribution is -2.00. The number of rotatable bonds is 3. The molecule has 0 saturated heterocycles. The van der Waals surface area contributed by atoms with Crippen molar-refractivity contribution in [3.8, 4) is 11.6 Å². The molecule has 0 aliphatic carbocycles. The summed E-state index contributed by atoms with van der Waals surface area (Å²) in [7, 11) is 1.33. The van der Waals surface area contributed by atoms with E-state index in [-0.39, 0.29) is 11.0 Å². The third-order valence-corrected chi connectivity index (χ3v) is 3.23. The van der Waals surface area contributed by atoms with Gasteiger partial charge in [0.05, 0.1) is 23.7 Å². The second-order valence-corrected chi connectivity index (χ2v) is 4.78. The van der Waals surface area contributed by atoms with Crippen LogP contribution in [-0.4, -0.2) is 23.0 Å². The van der Waals surface area contributed by atoms with Gasteiger partial charge in [0.1, 0.15) is 5.75 Å². The number of hydrogen-bond donors (Lipinski definition) is 0. The zero-order valence-electron chi connectivity index (χ0n) is 11.6. The van der Waals surface area contributed by atoms with Crippen molar-refractivity contribution < 1.29 is 14.3 Å². The summed E-state index contributed by atoms with van der Waals surface area (Å²) >= 11 is 6.08. The molecule has 2 aromatic carbocycles. The fraction of sp³-hybridized carbons (Fsp3) is 0.0625. The summed E-state index contributed by atoms with van der Waals surface area (Å²) in [4.78, 5) is 19.9. The van der Waals surface area contributed by atoms with Crippen molar-refractivity contribution in [2.24, 2.45) is 0 Å². The average molecular weight is 315 g/mol. The molecular weight excluding hydrogens is 304 g/mol. The van der Waals surface area contributed by atoms with E-state index in [1.54, 1.807) is 24.3 Å². The van der Waals surface area contributed by atoms with Crippen LogP contribution in [0, 0.1) is 0 Å². The molecule has 3 rings (SSSR count). The summed E-state index contributed by atoms with van der Waals surface area (Å²) < 4.78 is 10.3. The number of benzene rings is 2. The highest BCUT2D eigenvalue weighted by Crippen LogP contribution is 2.28. The summed E-state index contributed by atoms with van der Waals surface area (Å²) in [6.07, 6.45) is 0. The van der Waals surface area contributed by atoms with Gasteiger partial charge in [-0.25, -0.2) is 14.8 Å². The third-order valence-electron chi connectivity index (χ3n) is 2.99. The molecule has 1 heterocycles. The van der Waals surface area contributed by atoms with E-state index in [4.69, 9.17) is 16.3 Å². The van der Waals surface area contributed by atoms with Gasteiger partial charge in [0, 0.05) is 0 Å². The molecule has 5 nitrogen and oxygen atoms in total. The third kappa shape index (κ3) is 2.84. The van der Waals surface area contributed by atoms with E-state index in [1.807, 2.05) is 24.3 Å². The summed E-state index contributed by atoms with van der Waals surface area (Å²) in [6.45, 7) is 0. The molecule has 6 heteroatoms. The smallest absolute Gasteiger partial charge is 0.337 e. The minimum absolute atomic E-state index is 0.177. The zero-order chi connectivity index (χ0) is 15.5. The van der Waals surface area contributed by atoms with E-state index in [1.165, 1.54) is 7.11 Å². The number of fused-ring (bicyclic) bond motifs is 1. The molecule has 110 valence electrons. The number of hydrogen-bond acceptors (Lipinski definition) is 5. The molecule has 0 saturated carbocycles. The van der Waals surface area contributed by atoms with Crippen molar-refractivity contribution in [1.29, 1.82) is 0 Å². The predicted molar refractivity (Wildman–Crippen MR) is 82.4 cm³/mol. The second-order valence-electron chi connectivity index (χ2n) is 4.43. The first-order chi connectivity index (χ1) is 10.7. The van der Waals surface area contributed by atoms with Crippen molar-refractivity contribution in [3.05, 3.63) is 59.2 Å². The molecule has 0 radical (unpaired) electrons. The SMILES string of the molecule is COC(=O)c1ccc(Oc2nc3ccccc3nc2Cl)cc1. The van der Waals surface area contributed by atoms with Crippen LogP contribution in [0.1, 0.15) is 10.4 Å². The van der Waals surface area contributed by atoms with Crippen LogP contribution in [0.3, 0.4) is 0 Å². The lowest BCUT2D eigenvalue weighted by atomic mass is 10.2. The first-order valence-electron chi connectivity index (χ1n) is 6.46. The number of aromatic nitrogens is 2. The number of ether oxygens (including phenoxy) is 2. The fourth-order valence-electron chi connectivity index (χ4n) is 1.92. The Balaban J connectivity index is 1.89. The van der Waals surface area contributed by atoms with Crippen LogP contribution in [0.2, 0.25) is 5.15 Å². The van der Waals surface area contributed by atoms with Gasteiger partial charge in [0.15, 0.2) is 5.15 Å². The predicted octanol–water partition coefficient (Wildman–Crippen LogP) is 3.86. The summed E-state index contributed by atoms with van der Waals surface area (Å²) in [6, 6.07) is 13.8. The van der Waals surface area contributed by atoms with E-state index in [0.29, 0.717) is 22.3 Å².